The monoisotopic (exact) mass is 621 g/mol. The van der Waals surface area contributed by atoms with Gasteiger partial charge < -0.3 is 38.4 Å². The van der Waals surface area contributed by atoms with Crippen molar-refractivity contribution in [2.24, 2.45) is 0 Å². The van der Waals surface area contributed by atoms with E-state index in [1.54, 1.807) is 64.3 Å². The topological polar surface area (TPSA) is 130 Å². The lowest BCUT2D eigenvalue weighted by Crippen LogP contribution is -2.74. The summed E-state index contributed by atoms with van der Waals surface area (Å²) < 4.78 is 34.1. The summed E-state index contributed by atoms with van der Waals surface area (Å²) in [4.78, 5) is 41.4. The van der Waals surface area contributed by atoms with Gasteiger partial charge in [0.05, 0.1) is 18.1 Å². The zero-order valence-corrected chi connectivity index (χ0v) is 26.3. The molecule has 11 nitrogen and oxygen atoms in total. The molecule has 2 aliphatic carbocycles. The van der Waals surface area contributed by atoms with E-state index >= 15 is 0 Å². The Hall–Kier alpha value is -4.09. The molecule has 1 fully saturated rings. The zero-order chi connectivity index (χ0) is 32.3. The molecular formula is C34H39NO10. The van der Waals surface area contributed by atoms with Crippen LogP contribution in [0.4, 0.5) is 4.79 Å². The van der Waals surface area contributed by atoms with E-state index in [1.165, 1.54) is 6.92 Å². The molecule has 0 amide bonds. The van der Waals surface area contributed by atoms with Crippen molar-refractivity contribution in [3.05, 3.63) is 71.0 Å². The van der Waals surface area contributed by atoms with Crippen molar-refractivity contribution >= 4 is 18.1 Å². The molecule has 11 heteroatoms. The maximum Gasteiger partial charge on any atom is 0.509 e. The number of likely N-dealkylation sites (tertiary alicyclic amines) is 1. The average molecular weight is 622 g/mol. The molecule has 45 heavy (non-hydrogen) atoms. The van der Waals surface area contributed by atoms with E-state index in [4.69, 9.17) is 28.4 Å². The van der Waals surface area contributed by atoms with Crippen molar-refractivity contribution in [3.8, 4) is 11.5 Å². The van der Waals surface area contributed by atoms with Crippen LogP contribution in [0.1, 0.15) is 63.3 Å². The molecule has 240 valence electrons. The molecule has 0 aromatic heterocycles. The highest BCUT2D eigenvalue weighted by atomic mass is 16.7. The second-order valence-corrected chi connectivity index (χ2v) is 13.2. The Morgan fingerprint density at radius 1 is 1.07 bits per heavy atom. The largest absolute Gasteiger partial charge is 0.509 e. The number of hydrogen-bond acceptors (Lipinski definition) is 11. The molecule has 6 atom stereocenters. The lowest BCUT2D eigenvalue weighted by atomic mass is 9.50. The van der Waals surface area contributed by atoms with Crippen LogP contribution in [0.3, 0.4) is 0 Å². The summed E-state index contributed by atoms with van der Waals surface area (Å²) in [6, 6.07) is 12.0. The van der Waals surface area contributed by atoms with E-state index in [2.05, 4.69) is 4.90 Å². The fourth-order valence-electron chi connectivity index (χ4n) is 7.32. The second-order valence-electron chi connectivity index (χ2n) is 13.2. The van der Waals surface area contributed by atoms with Crippen molar-refractivity contribution in [2.75, 3.05) is 20.7 Å². The van der Waals surface area contributed by atoms with Gasteiger partial charge in [0.1, 0.15) is 11.4 Å². The molecule has 0 saturated carbocycles. The highest BCUT2D eigenvalue weighted by molar-refractivity contribution is 5.84. The molecule has 2 aromatic carbocycles. The third-order valence-corrected chi connectivity index (χ3v) is 9.32. The fourth-order valence-corrected chi connectivity index (χ4v) is 7.32. The Labute approximate surface area is 262 Å². The number of aliphatic hydroxyl groups is 1. The van der Waals surface area contributed by atoms with Gasteiger partial charge >= 0.3 is 18.1 Å². The molecule has 1 N–H and O–H groups in total. The van der Waals surface area contributed by atoms with Gasteiger partial charge in [-0.25, -0.2) is 14.4 Å². The van der Waals surface area contributed by atoms with E-state index in [9.17, 15) is 19.5 Å². The van der Waals surface area contributed by atoms with Gasteiger partial charge in [-0.2, -0.15) is 0 Å². The Morgan fingerprint density at radius 3 is 2.49 bits per heavy atom. The Bertz CT molecular complexity index is 1550. The van der Waals surface area contributed by atoms with Crippen LogP contribution in [0, 0.1) is 0 Å². The maximum absolute atomic E-state index is 13.4. The maximum atomic E-state index is 13.4. The molecule has 1 spiro atoms. The van der Waals surface area contributed by atoms with E-state index in [0.29, 0.717) is 29.9 Å². The molecule has 2 aliphatic heterocycles. The summed E-state index contributed by atoms with van der Waals surface area (Å²) in [5.41, 5.74) is -0.543. The van der Waals surface area contributed by atoms with Gasteiger partial charge in [0.15, 0.2) is 23.7 Å². The van der Waals surface area contributed by atoms with Crippen LogP contribution in [-0.4, -0.2) is 78.3 Å². The lowest BCUT2D eigenvalue weighted by molar-refractivity contribution is -0.178. The molecule has 2 aromatic rings. The first-order chi connectivity index (χ1) is 21.3. The molecule has 4 aliphatic rings. The van der Waals surface area contributed by atoms with Crippen LogP contribution in [0.25, 0.3) is 0 Å². The van der Waals surface area contributed by atoms with E-state index in [1.807, 2.05) is 19.2 Å². The smallest absolute Gasteiger partial charge is 0.493 e. The number of benzene rings is 2. The van der Waals surface area contributed by atoms with Crippen LogP contribution in [0.5, 0.6) is 11.5 Å². The predicted octanol–water partition coefficient (Wildman–Crippen LogP) is 4.14. The Balaban J connectivity index is 1.23. The zero-order valence-electron chi connectivity index (χ0n) is 26.3. The van der Waals surface area contributed by atoms with E-state index in [-0.39, 0.29) is 18.2 Å². The fraction of sp³-hybridized carbons (Fsp3) is 0.500. The van der Waals surface area contributed by atoms with Crippen molar-refractivity contribution < 1.29 is 47.9 Å². The molecule has 1 unspecified atom stereocenters. The highest BCUT2D eigenvalue weighted by Gasteiger charge is 2.72. The molecule has 6 rings (SSSR count). The normalized spacial score (nSPS) is 27.6. The standard InChI is InChI=1S/C34H39NO10/c1-19(41-30(37)26(20-10-8-7-9-11-20)44-31(38)45-32(2,3)4)29(36)42-23-14-15-34(39)24-18-21-12-13-22(40-6)27-25(21)33(34,28(23)43-27)16-17-35(24)5/h7-14,19,24,26,28,39H,15-18H2,1-6H3/t19-,24?,26-,28-,33-,34-/m0/s1. The number of carbonyl (C=O) groups excluding carboxylic acids is 3. The number of carbonyl (C=O) groups is 3. The number of ether oxygens (including phenoxy) is 6. The number of piperidine rings is 1. The summed E-state index contributed by atoms with van der Waals surface area (Å²) in [5.74, 6) is -0.470. The van der Waals surface area contributed by atoms with Gasteiger partial charge in [-0.05, 0) is 71.8 Å². The summed E-state index contributed by atoms with van der Waals surface area (Å²) >= 11 is 0. The average Bonchev–Trinajstić information content (AvgIpc) is 3.34. The minimum Gasteiger partial charge on any atom is -0.493 e. The SMILES string of the molecule is COc1ccc2c3c1O[C@H]1C(OC(=O)[C@H](C)OC(=O)[C@@H](OC(=O)OC(C)(C)C)c4ccccc4)=CC[C@]4(O)C(C2)N(C)CC[C@]314. The lowest BCUT2D eigenvalue weighted by Gasteiger charge is -2.61. The quantitative estimate of drug-likeness (QED) is 0.354. The predicted molar refractivity (Wildman–Crippen MR) is 160 cm³/mol. The summed E-state index contributed by atoms with van der Waals surface area (Å²) in [6.45, 7) is 7.11. The first-order valence-electron chi connectivity index (χ1n) is 15.2. The van der Waals surface area contributed by atoms with Crippen LogP contribution in [0.2, 0.25) is 0 Å². The number of esters is 2. The van der Waals surface area contributed by atoms with Gasteiger partial charge in [-0.3, -0.25) is 0 Å². The summed E-state index contributed by atoms with van der Waals surface area (Å²) in [5, 5.41) is 12.4. The Kier molecular flexibility index (Phi) is 7.60. The molecule has 2 bridgehead atoms. The number of methoxy groups -OCH3 is 1. The summed E-state index contributed by atoms with van der Waals surface area (Å²) in [7, 11) is 3.58. The van der Waals surface area contributed by atoms with Gasteiger partial charge in [-0.1, -0.05) is 36.4 Å². The number of nitrogens with zero attached hydrogens (tertiary/aromatic N) is 1. The van der Waals surface area contributed by atoms with Crippen molar-refractivity contribution in [2.45, 2.75) is 87.9 Å². The molecule has 1 saturated heterocycles. The minimum absolute atomic E-state index is 0.155. The second kappa shape index (κ2) is 11.1. The molecular weight excluding hydrogens is 582 g/mol. The van der Waals surface area contributed by atoms with Crippen molar-refractivity contribution in [3.63, 3.8) is 0 Å². The van der Waals surface area contributed by atoms with Crippen LogP contribution in [0.15, 0.2) is 54.3 Å². The third kappa shape index (κ3) is 5.02. The van der Waals surface area contributed by atoms with Gasteiger partial charge in [-0.15, -0.1) is 0 Å². The van der Waals surface area contributed by atoms with E-state index in [0.717, 1.165) is 17.7 Å². The van der Waals surface area contributed by atoms with Gasteiger partial charge in [0.2, 0.25) is 6.10 Å². The van der Waals surface area contributed by atoms with Crippen LogP contribution >= 0.6 is 0 Å². The third-order valence-electron chi connectivity index (χ3n) is 9.32. The molecule has 0 radical (unpaired) electrons. The van der Waals surface area contributed by atoms with Crippen molar-refractivity contribution in [1.82, 2.24) is 4.90 Å². The highest BCUT2D eigenvalue weighted by Crippen LogP contribution is 2.65. The number of rotatable bonds is 7. The van der Waals surface area contributed by atoms with Gasteiger partial charge in [0, 0.05) is 23.6 Å². The number of hydrogen-bond donors (Lipinski definition) is 1. The van der Waals surface area contributed by atoms with Crippen LogP contribution < -0.4 is 9.47 Å². The van der Waals surface area contributed by atoms with Crippen molar-refractivity contribution in [1.29, 1.82) is 0 Å². The van der Waals surface area contributed by atoms with Gasteiger partial charge in [0.25, 0.3) is 0 Å². The number of likely N-dealkylation sites (N-methyl/N-ethyl adjacent to an activating group) is 1. The molecule has 2 heterocycles. The summed E-state index contributed by atoms with van der Waals surface area (Å²) in [6.07, 6.45) is -1.52. The first-order valence-corrected chi connectivity index (χ1v) is 15.2. The van der Waals surface area contributed by atoms with E-state index < -0.39 is 53.0 Å². The minimum atomic E-state index is -1.48. The first kappa shape index (κ1) is 30.9. The Morgan fingerprint density at radius 2 is 1.80 bits per heavy atom. The van der Waals surface area contributed by atoms with Crippen LogP contribution in [-0.2, 0) is 40.4 Å².